The Morgan fingerprint density at radius 1 is 1.00 bits per heavy atom. The molecule has 2 nitrogen and oxygen atoms in total. The molecule has 18 heavy (non-hydrogen) atoms. The number of benzene rings is 1. The van der Waals surface area contributed by atoms with Gasteiger partial charge in [-0.1, -0.05) is 47.0 Å². The molecule has 0 spiro atoms. The molecule has 0 unspecified atom stereocenters. The van der Waals surface area contributed by atoms with E-state index in [-0.39, 0.29) is 0 Å². The molecule has 0 radical (unpaired) electrons. The summed E-state index contributed by atoms with van der Waals surface area (Å²) in [5.74, 6) is 0. The molecule has 2 fully saturated rings. The van der Waals surface area contributed by atoms with Crippen LogP contribution in [-0.4, -0.2) is 36.0 Å². The first-order chi connectivity index (χ1) is 8.70. The minimum atomic E-state index is 0.425. The quantitative estimate of drug-likeness (QED) is 0.781. The van der Waals surface area contributed by atoms with Crippen molar-refractivity contribution in [1.82, 2.24) is 9.80 Å². The Hall–Kier alpha value is -0.380. The van der Waals surface area contributed by atoms with Crippen molar-refractivity contribution in [3.8, 4) is 0 Å². The maximum atomic E-state index is 3.71. The normalized spacial score (nSPS) is 30.6. The van der Waals surface area contributed by atoms with Gasteiger partial charge < -0.3 is 0 Å². The van der Waals surface area contributed by atoms with Crippen LogP contribution in [0.4, 0.5) is 0 Å². The predicted octanol–water partition coefficient (Wildman–Crippen LogP) is 3.64. The molecular formula is C15H21BrN2. The third kappa shape index (κ3) is 1.93. The largest absolute Gasteiger partial charge is 0.283 e. The maximum Gasteiger partial charge on any atom is 0.0898 e. The van der Waals surface area contributed by atoms with Crippen LogP contribution in [-0.2, 0) is 0 Å². The summed E-state index contributed by atoms with van der Waals surface area (Å²) >= 11 is 3.71. The van der Waals surface area contributed by atoms with Gasteiger partial charge in [-0.25, -0.2) is 0 Å². The molecule has 2 atom stereocenters. The minimum Gasteiger partial charge on any atom is -0.283 e. The van der Waals surface area contributed by atoms with Crippen LogP contribution in [0.25, 0.3) is 0 Å². The Morgan fingerprint density at radius 2 is 1.56 bits per heavy atom. The van der Waals surface area contributed by atoms with Crippen molar-refractivity contribution < 1.29 is 0 Å². The maximum absolute atomic E-state index is 3.71. The van der Waals surface area contributed by atoms with Gasteiger partial charge in [-0.05, 0) is 38.6 Å². The molecule has 1 aliphatic carbocycles. The Morgan fingerprint density at radius 3 is 2.11 bits per heavy atom. The van der Waals surface area contributed by atoms with Gasteiger partial charge in [0.05, 0.1) is 6.17 Å². The van der Waals surface area contributed by atoms with Crippen molar-refractivity contribution in [2.75, 3.05) is 14.1 Å². The zero-order valence-corrected chi connectivity index (χ0v) is 12.7. The highest BCUT2D eigenvalue weighted by atomic mass is 79.9. The lowest BCUT2D eigenvalue weighted by Gasteiger charge is -2.29. The molecule has 1 heterocycles. The molecule has 1 aromatic carbocycles. The number of nitrogens with zero attached hydrogens (tertiary/aromatic N) is 2. The van der Waals surface area contributed by atoms with Gasteiger partial charge in [0.25, 0.3) is 0 Å². The molecule has 0 N–H and O–H groups in total. The van der Waals surface area contributed by atoms with Crippen molar-refractivity contribution in [1.29, 1.82) is 0 Å². The molecule has 1 saturated heterocycles. The van der Waals surface area contributed by atoms with E-state index < -0.39 is 0 Å². The topological polar surface area (TPSA) is 6.48 Å². The second-order valence-corrected chi connectivity index (χ2v) is 6.50. The van der Waals surface area contributed by atoms with E-state index in [1.165, 1.54) is 35.7 Å². The number of likely N-dealkylation sites (N-methyl/N-ethyl adjacent to an activating group) is 2. The first-order valence-corrected chi connectivity index (χ1v) is 7.68. The first kappa shape index (κ1) is 12.6. The van der Waals surface area contributed by atoms with E-state index in [4.69, 9.17) is 0 Å². The zero-order chi connectivity index (χ0) is 12.7. The predicted molar refractivity (Wildman–Crippen MR) is 78.5 cm³/mol. The highest BCUT2D eigenvalue weighted by Gasteiger charge is 2.44. The van der Waals surface area contributed by atoms with Gasteiger partial charge in [-0.2, -0.15) is 0 Å². The summed E-state index contributed by atoms with van der Waals surface area (Å²) in [4.78, 5) is 5.15. The van der Waals surface area contributed by atoms with E-state index in [0.717, 1.165) is 12.1 Å². The molecule has 1 aliphatic heterocycles. The summed E-state index contributed by atoms with van der Waals surface area (Å²) in [6.07, 6.45) is 5.91. The van der Waals surface area contributed by atoms with E-state index in [1.807, 2.05) is 0 Å². The molecule has 98 valence electrons. The van der Waals surface area contributed by atoms with Crippen LogP contribution in [0.2, 0.25) is 0 Å². The van der Waals surface area contributed by atoms with Crippen LogP contribution in [0.5, 0.6) is 0 Å². The SMILES string of the molecule is CN1C(c2ccccc2Br)N(C)[C@@H]2CCCC[C@H]21. The van der Waals surface area contributed by atoms with Gasteiger partial charge in [-0.15, -0.1) is 0 Å². The van der Waals surface area contributed by atoms with Gasteiger partial charge in [0.2, 0.25) is 0 Å². The summed E-state index contributed by atoms with van der Waals surface area (Å²) in [5.41, 5.74) is 1.40. The lowest BCUT2D eigenvalue weighted by Crippen LogP contribution is -2.37. The fourth-order valence-electron chi connectivity index (χ4n) is 3.82. The van der Waals surface area contributed by atoms with E-state index in [9.17, 15) is 0 Å². The fraction of sp³-hybridized carbons (Fsp3) is 0.600. The molecule has 0 aromatic heterocycles. The van der Waals surface area contributed by atoms with Crippen molar-refractivity contribution in [2.45, 2.75) is 43.9 Å². The van der Waals surface area contributed by atoms with Crippen LogP contribution >= 0.6 is 15.9 Å². The van der Waals surface area contributed by atoms with Crippen molar-refractivity contribution >= 4 is 15.9 Å². The summed E-state index contributed by atoms with van der Waals surface area (Å²) in [7, 11) is 4.58. The van der Waals surface area contributed by atoms with Crippen molar-refractivity contribution in [2.24, 2.45) is 0 Å². The molecule has 0 bridgehead atoms. The Bertz CT molecular complexity index is 416. The third-order valence-electron chi connectivity index (χ3n) is 4.70. The molecule has 1 saturated carbocycles. The standard InChI is InChI=1S/C15H21BrN2/c1-17-13-9-5-6-10-14(13)18(2)15(17)11-7-3-4-8-12(11)16/h3-4,7-8,13-15H,5-6,9-10H2,1-2H3/t13-,14-/m1/s1. The summed E-state index contributed by atoms with van der Waals surface area (Å²) in [5, 5.41) is 0. The van der Waals surface area contributed by atoms with Crippen LogP contribution < -0.4 is 0 Å². The average Bonchev–Trinajstić information content (AvgIpc) is 2.64. The zero-order valence-electron chi connectivity index (χ0n) is 11.1. The van der Waals surface area contributed by atoms with Gasteiger partial charge >= 0.3 is 0 Å². The van der Waals surface area contributed by atoms with E-state index in [1.54, 1.807) is 0 Å². The van der Waals surface area contributed by atoms with Crippen LogP contribution in [0.15, 0.2) is 28.7 Å². The number of hydrogen-bond donors (Lipinski definition) is 0. The van der Waals surface area contributed by atoms with Gasteiger partial charge in [0.15, 0.2) is 0 Å². The molecule has 0 amide bonds. The second kappa shape index (κ2) is 4.95. The highest BCUT2D eigenvalue weighted by molar-refractivity contribution is 9.10. The van der Waals surface area contributed by atoms with Crippen LogP contribution in [0, 0.1) is 0 Å². The lowest BCUT2D eigenvalue weighted by molar-refractivity contribution is 0.164. The number of hydrogen-bond acceptors (Lipinski definition) is 2. The Kier molecular flexibility index (Phi) is 3.48. The van der Waals surface area contributed by atoms with E-state index >= 15 is 0 Å². The Balaban J connectivity index is 1.95. The summed E-state index contributed by atoms with van der Waals surface area (Å²) in [6.45, 7) is 0. The van der Waals surface area contributed by atoms with E-state index in [2.05, 4.69) is 64.1 Å². The van der Waals surface area contributed by atoms with Crippen molar-refractivity contribution in [3.63, 3.8) is 0 Å². The number of fused-ring (bicyclic) bond motifs is 1. The molecule has 3 heteroatoms. The van der Waals surface area contributed by atoms with Gasteiger partial charge in [-0.3, -0.25) is 9.80 Å². The third-order valence-corrected chi connectivity index (χ3v) is 5.42. The van der Waals surface area contributed by atoms with Crippen molar-refractivity contribution in [3.05, 3.63) is 34.3 Å². The summed E-state index contributed by atoms with van der Waals surface area (Å²) < 4.78 is 1.23. The molecule has 2 aliphatic rings. The van der Waals surface area contributed by atoms with Crippen LogP contribution in [0.1, 0.15) is 37.4 Å². The lowest BCUT2D eigenvalue weighted by atomic mass is 9.91. The Labute approximate surface area is 118 Å². The highest BCUT2D eigenvalue weighted by Crippen LogP contribution is 2.42. The van der Waals surface area contributed by atoms with Crippen LogP contribution in [0.3, 0.4) is 0 Å². The average molecular weight is 309 g/mol. The molecule has 1 aromatic rings. The number of halogens is 1. The fourth-order valence-corrected chi connectivity index (χ4v) is 4.30. The first-order valence-electron chi connectivity index (χ1n) is 6.88. The second-order valence-electron chi connectivity index (χ2n) is 5.65. The van der Waals surface area contributed by atoms with Gasteiger partial charge in [0.1, 0.15) is 0 Å². The smallest absolute Gasteiger partial charge is 0.0898 e. The number of rotatable bonds is 1. The monoisotopic (exact) mass is 308 g/mol. The molecule has 3 rings (SSSR count). The summed E-state index contributed by atoms with van der Waals surface area (Å²) in [6, 6.07) is 10.1. The minimum absolute atomic E-state index is 0.425. The molecular weight excluding hydrogens is 288 g/mol. The van der Waals surface area contributed by atoms with E-state index in [0.29, 0.717) is 6.17 Å². The van der Waals surface area contributed by atoms with Gasteiger partial charge in [0, 0.05) is 16.6 Å².